The molecular formula is C15H15ClN2O. The molecule has 0 fully saturated rings. The molecule has 0 saturated heterocycles. The van der Waals surface area contributed by atoms with Crippen LogP contribution in [0.3, 0.4) is 0 Å². The van der Waals surface area contributed by atoms with Gasteiger partial charge in [-0.2, -0.15) is 0 Å². The first kappa shape index (κ1) is 13.4. The third-order valence-corrected chi connectivity index (χ3v) is 3.21. The van der Waals surface area contributed by atoms with Gasteiger partial charge in [0.25, 0.3) is 0 Å². The summed E-state index contributed by atoms with van der Waals surface area (Å²) in [7, 11) is 0. The third kappa shape index (κ3) is 3.06. The van der Waals surface area contributed by atoms with E-state index in [0.717, 1.165) is 11.1 Å². The van der Waals surface area contributed by atoms with E-state index in [2.05, 4.69) is 0 Å². The Morgan fingerprint density at radius 3 is 2.53 bits per heavy atom. The molecule has 2 rings (SSSR count). The molecule has 0 radical (unpaired) electrons. The van der Waals surface area contributed by atoms with Crippen molar-refractivity contribution in [2.45, 2.75) is 13.8 Å². The van der Waals surface area contributed by atoms with Gasteiger partial charge in [-0.15, -0.1) is 0 Å². The van der Waals surface area contributed by atoms with Crippen LogP contribution in [0.2, 0.25) is 5.02 Å². The minimum Gasteiger partial charge on any atom is -0.457 e. The average molecular weight is 275 g/mol. The fraction of sp³-hybridized carbons (Fsp3) is 0.133. The molecule has 0 aliphatic heterocycles. The molecule has 4 heteroatoms. The minimum absolute atomic E-state index is 0.00983. The summed E-state index contributed by atoms with van der Waals surface area (Å²) in [5.74, 6) is 1.23. The van der Waals surface area contributed by atoms with Gasteiger partial charge >= 0.3 is 0 Å². The van der Waals surface area contributed by atoms with Crippen LogP contribution in [0.4, 0.5) is 0 Å². The van der Waals surface area contributed by atoms with E-state index >= 15 is 0 Å². The molecule has 0 aromatic heterocycles. The lowest BCUT2D eigenvalue weighted by atomic mass is 10.1. The first-order valence-corrected chi connectivity index (χ1v) is 6.24. The maximum atomic E-state index is 7.59. The summed E-state index contributed by atoms with van der Waals surface area (Å²) in [6.45, 7) is 3.86. The Hall–Kier alpha value is -2.00. The van der Waals surface area contributed by atoms with Crippen LogP contribution in [0.1, 0.15) is 16.7 Å². The monoisotopic (exact) mass is 274 g/mol. The molecule has 0 spiro atoms. The van der Waals surface area contributed by atoms with Crippen molar-refractivity contribution in [2.24, 2.45) is 5.73 Å². The molecule has 0 unspecified atom stereocenters. The molecule has 2 aromatic carbocycles. The maximum Gasteiger partial charge on any atom is 0.138 e. The first-order valence-electron chi connectivity index (χ1n) is 5.86. The van der Waals surface area contributed by atoms with E-state index in [9.17, 15) is 0 Å². The molecule has 2 aromatic rings. The summed E-state index contributed by atoms with van der Waals surface area (Å²) in [5, 5.41) is 8.29. The second-order valence-corrected chi connectivity index (χ2v) is 4.83. The summed E-state index contributed by atoms with van der Waals surface area (Å²) >= 11 is 5.98. The zero-order chi connectivity index (χ0) is 14.0. The summed E-state index contributed by atoms with van der Waals surface area (Å²) < 4.78 is 5.78. The predicted molar refractivity (Wildman–Crippen MR) is 78.5 cm³/mol. The van der Waals surface area contributed by atoms with E-state index in [1.165, 1.54) is 0 Å². The molecule has 0 heterocycles. The zero-order valence-corrected chi connectivity index (χ0v) is 11.6. The average Bonchev–Trinajstić information content (AvgIpc) is 2.36. The van der Waals surface area contributed by atoms with Crippen molar-refractivity contribution in [1.29, 1.82) is 5.41 Å². The van der Waals surface area contributed by atoms with Gasteiger partial charge in [-0.1, -0.05) is 23.2 Å². The predicted octanol–water partition coefficient (Wildman–Crippen LogP) is 4.03. The molecule has 19 heavy (non-hydrogen) atoms. The van der Waals surface area contributed by atoms with Gasteiger partial charge in [-0.05, 0) is 49.7 Å². The van der Waals surface area contributed by atoms with Gasteiger partial charge in [0.2, 0.25) is 0 Å². The van der Waals surface area contributed by atoms with Crippen LogP contribution >= 0.6 is 11.6 Å². The van der Waals surface area contributed by atoms with Crippen molar-refractivity contribution in [3.63, 3.8) is 0 Å². The Balaban J connectivity index is 2.37. The van der Waals surface area contributed by atoms with Crippen LogP contribution in [0.25, 0.3) is 0 Å². The number of hydrogen-bond acceptors (Lipinski definition) is 2. The lowest BCUT2D eigenvalue weighted by Gasteiger charge is -2.12. The fourth-order valence-electron chi connectivity index (χ4n) is 1.75. The SMILES string of the molecule is Cc1ccc(Oc2ccc(Cl)c(C)c2)c(C(=N)N)c1. The van der Waals surface area contributed by atoms with Crippen molar-refractivity contribution < 1.29 is 4.74 Å². The molecule has 3 N–H and O–H groups in total. The standard InChI is InChI=1S/C15H15ClN2O/c1-9-3-6-14(12(7-9)15(17)18)19-11-4-5-13(16)10(2)8-11/h3-8H,1-2H3,(H3,17,18). The van der Waals surface area contributed by atoms with Crippen molar-refractivity contribution in [3.8, 4) is 11.5 Å². The molecule has 0 bridgehead atoms. The highest BCUT2D eigenvalue weighted by molar-refractivity contribution is 6.31. The van der Waals surface area contributed by atoms with E-state index < -0.39 is 0 Å². The van der Waals surface area contributed by atoms with Crippen LogP contribution < -0.4 is 10.5 Å². The first-order chi connectivity index (χ1) is 8.97. The number of benzene rings is 2. The Labute approximate surface area is 117 Å². The van der Waals surface area contributed by atoms with Crippen molar-refractivity contribution >= 4 is 17.4 Å². The lowest BCUT2D eigenvalue weighted by Crippen LogP contribution is -2.12. The van der Waals surface area contributed by atoms with Gasteiger partial charge in [0, 0.05) is 5.02 Å². The topological polar surface area (TPSA) is 59.1 Å². The Morgan fingerprint density at radius 2 is 1.89 bits per heavy atom. The van der Waals surface area contributed by atoms with Gasteiger partial charge in [0.15, 0.2) is 0 Å². The zero-order valence-electron chi connectivity index (χ0n) is 10.8. The van der Waals surface area contributed by atoms with Crippen molar-refractivity contribution in [3.05, 3.63) is 58.1 Å². The summed E-state index contributed by atoms with van der Waals surface area (Å²) in [5.41, 5.74) is 8.14. The fourth-order valence-corrected chi connectivity index (χ4v) is 1.87. The number of nitrogen functional groups attached to an aromatic ring is 1. The van der Waals surface area contributed by atoms with E-state index in [4.69, 9.17) is 27.5 Å². The van der Waals surface area contributed by atoms with E-state index in [1.54, 1.807) is 12.1 Å². The summed E-state index contributed by atoms with van der Waals surface area (Å²) in [6, 6.07) is 11.0. The van der Waals surface area contributed by atoms with E-state index in [-0.39, 0.29) is 5.84 Å². The van der Waals surface area contributed by atoms with Crippen LogP contribution in [-0.2, 0) is 0 Å². The number of hydrogen-bond donors (Lipinski definition) is 2. The maximum absolute atomic E-state index is 7.59. The normalized spacial score (nSPS) is 10.3. The quantitative estimate of drug-likeness (QED) is 0.656. The Bertz CT molecular complexity index is 638. The Kier molecular flexibility index (Phi) is 3.76. The second-order valence-electron chi connectivity index (χ2n) is 4.43. The van der Waals surface area contributed by atoms with Crippen LogP contribution in [0.15, 0.2) is 36.4 Å². The van der Waals surface area contributed by atoms with Gasteiger partial charge in [-0.25, -0.2) is 0 Å². The molecule has 0 aliphatic carbocycles. The van der Waals surface area contributed by atoms with Crippen molar-refractivity contribution in [1.82, 2.24) is 0 Å². The van der Waals surface area contributed by atoms with Crippen molar-refractivity contribution in [2.75, 3.05) is 0 Å². The molecular weight excluding hydrogens is 260 g/mol. The number of nitrogens with one attached hydrogen (secondary N) is 1. The van der Waals surface area contributed by atoms with E-state index in [1.807, 2.05) is 38.1 Å². The molecule has 0 aliphatic rings. The van der Waals surface area contributed by atoms with Gasteiger partial charge in [0.05, 0.1) is 5.56 Å². The number of aryl methyl sites for hydroxylation is 2. The number of amidine groups is 1. The number of rotatable bonds is 3. The van der Waals surface area contributed by atoms with Crippen LogP contribution in [0, 0.1) is 19.3 Å². The smallest absolute Gasteiger partial charge is 0.138 e. The number of halogens is 1. The molecule has 0 atom stereocenters. The summed E-state index contributed by atoms with van der Waals surface area (Å²) in [6.07, 6.45) is 0. The molecule has 0 amide bonds. The van der Waals surface area contributed by atoms with Crippen LogP contribution in [0.5, 0.6) is 11.5 Å². The third-order valence-electron chi connectivity index (χ3n) is 2.78. The van der Waals surface area contributed by atoms with E-state index in [0.29, 0.717) is 22.1 Å². The molecule has 3 nitrogen and oxygen atoms in total. The van der Waals surface area contributed by atoms with Gasteiger partial charge in [-0.3, -0.25) is 5.41 Å². The molecule has 0 saturated carbocycles. The number of ether oxygens (including phenoxy) is 1. The lowest BCUT2D eigenvalue weighted by molar-refractivity contribution is 0.481. The molecule has 98 valence electrons. The van der Waals surface area contributed by atoms with Crippen LogP contribution in [-0.4, -0.2) is 5.84 Å². The number of nitrogens with two attached hydrogens (primary N) is 1. The largest absolute Gasteiger partial charge is 0.457 e. The van der Waals surface area contributed by atoms with Gasteiger partial charge < -0.3 is 10.5 Å². The second kappa shape index (κ2) is 5.33. The Morgan fingerprint density at radius 1 is 1.16 bits per heavy atom. The minimum atomic E-state index is -0.00983. The highest BCUT2D eigenvalue weighted by Crippen LogP contribution is 2.28. The summed E-state index contributed by atoms with van der Waals surface area (Å²) in [4.78, 5) is 0. The highest BCUT2D eigenvalue weighted by atomic mass is 35.5. The highest BCUT2D eigenvalue weighted by Gasteiger charge is 2.08. The van der Waals surface area contributed by atoms with Gasteiger partial charge in [0.1, 0.15) is 17.3 Å².